The van der Waals surface area contributed by atoms with Gasteiger partial charge in [0.05, 0.1) is 18.7 Å². The number of aliphatic carboxylic acids is 1. The van der Waals surface area contributed by atoms with Crippen molar-refractivity contribution in [2.75, 3.05) is 19.6 Å². The number of amides is 1. The number of hydrogen-bond donors (Lipinski definition) is 2. The second-order valence-electron chi connectivity index (χ2n) is 5.13. The Morgan fingerprint density at radius 3 is 2.75 bits per heavy atom. The van der Waals surface area contributed by atoms with Gasteiger partial charge in [-0.15, -0.1) is 5.10 Å². The van der Waals surface area contributed by atoms with E-state index < -0.39 is 5.97 Å². The van der Waals surface area contributed by atoms with Crippen LogP contribution in [0, 0.1) is 0 Å². The Balaban J connectivity index is 2.05. The van der Waals surface area contributed by atoms with Crippen LogP contribution in [0.2, 0.25) is 0 Å². The van der Waals surface area contributed by atoms with Gasteiger partial charge in [0, 0.05) is 25.7 Å². The molecule has 110 valence electrons. The normalized spacial score (nSPS) is 15.2. The van der Waals surface area contributed by atoms with E-state index in [1.165, 1.54) is 4.90 Å². The van der Waals surface area contributed by atoms with Gasteiger partial charge in [0.15, 0.2) is 5.69 Å². The molecule has 1 fully saturated rings. The van der Waals surface area contributed by atoms with Gasteiger partial charge in [-0.05, 0) is 13.8 Å². The Morgan fingerprint density at radius 2 is 2.25 bits per heavy atom. The summed E-state index contributed by atoms with van der Waals surface area (Å²) < 4.78 is 1.68. The molecule has 0 aliphatic carbocycles. The van der Waals surface area contributed by atoms with Crippen LogP contribution in [0.3, 0.4) is 0 Å². The summed E-state index contributed by atoms with van der Waals surface area (Å²) in [6.45, 7) is 5.51. The van der Waals surface area contributed by atoms with Gasteiger partial charge in [-0.25, -0.2) is 4.68 Å². The van der Waals surface area contributed by atoms with Crippen molar-refractivity contribution < 1.29 is 14.7 Å². The van der Waals surface area contributed by atoms with Gasteiger partial charge >= 0.3 is 5.97 Å². The van der Waals surface area contributed by atoms with Crippen LogP contribution < -0.4 is 5.32 Å². The molecule has 0 bridgehead atoms. The number of carbonyl (C=O) groups is 2. The van der Waals surface area contributed by atoms with E-state index >= 15 is 0 Å². The molecule has 0 unspecified atom stereocenters. The van der Waals surface area contributed by atoms with Crippen LogP contribution in [0.5, 0.6) is 0 Å². The molecule has 2 N–H and O–H groups in total. The zero-order valence-electron chi connectivity index (χ0n) is 11.6. The quantitative estimate of drug-likeness (QED) is 0.745. The fraction of sp³-hybridized carbons (Fsp3) is 0.667. The maximum Gasteiger partial charge on any atom is 0.305 e. The molecule has 1 aliphatic rings. The Hall–Kier alpha value is -1.96. The smallest absolute Gasteiger partial charge is 0.305 e. The lowest BCUT2D eigenvalue weighted by Gasteiger charge is -2.26. The fourth-order valence-electron chi connectivity index (χ4n) is 1.97. The zero-order chi connectivity index (χ0) is 14.7. The predicted molar refractivity (Wildman–Crippen MR) is 70.4 cm³/mol. The van der Waals surface area contributed by atoms with E-state index in [9.17, 15) is 9.59 Å². The largest absolute Gasteiger partial charge is 0.481 e. The Labute approximate surface area is 116 Å². The summed E-state index contributed by atoms with van der Waals surface area (Å²) in [5, 5.41) is 19.7. The predicted octanol–water partition coefficient (Wildman–Crippen LogP) is -0.252. The van der Waals surface area contributed by atoms with Crippen molar-refractivity contribution in [3.63, 3.8) is 0 Å². The second kappa shape index (κ2) is 6.00. The van der Waals surface area contributed by atoms with Crippen LogP contribution in [0.25, 0.3) is 0 Å². The van der Waals surface area contributed by atoms with Crippen molar-refractivity contribution in [1.82, 2.24) is 25.2 Å². The Bertz CT molecular complexity index is 495. The van der Waals surface area contributed by atoms with E-state index in [0.717, 1.165) is 13.1 Å². The molecule has 0 radical (unpaired) electrons. The van der Waals surface area contributed by atoms with E-state index in [4.69, 9.17) is 5.11 Å². The van der Waals surface area contributed by atoms with Crippen LogP contribution in [0.1, 0.15) is 36.8 Å². The summed E-state index contributed by atoms with van der Waals surface area (Å²) in [5.74, 6) is -1.20. The first-order chi connectivity index (χ1) is 9.49. The molecule has 0 saturated carbocycles. The number of carbonyl (C=O) groups excluding carboxylic acids is 1. The first-order valence-corrected chi connectivity index (χ1v) is 6.64. The van der Waals surface area contributed by atoms with Crippen molar-refractivity contribution in [3.05, 3.63) is 11.9 Å². The topological polar surface area (TPSA) is 100 Å². The maximum atomic E-state index is 12.3. The van der Waals surface area contributed by atoms with Gasteiger partial charge in [-0.3, -0.25) is 9.59 Å². The van der Waals surface area contributed by atoms with Crippen LogP contribution >= 0.6 is 0 Å². The van der Waals surface area contributed by atoms with Gasteiger partial charge in [-0.2, -0.15) is 0 Å². The number of hydrogen-bond acceptors (Lipinski definition) is 5. The maximum absolute atomic E-state index is 12.3. The summed E-state index contributed by atoms with van der Waals surface area (Å²) >= 11 is 0. The van der Waals surface area contributed by atoms with E-state index in [-0.39, 0.29) is 36.7 Å². The van der Waals surface area contributed by atoms with Crippen LogP contribution in [0.15, 0.2) is 6.20 Å². The van der Waals surface area contributed by atoms with E-state index in [1.807, 2.05) is 13.8 Å². The van der Waals surface area contributed by atoms with Crippen molar-refractivity contribution in [2.45, 2.75) is 32.4 Å². The molecule has 1 aliphatic heterocycles. The molecule has 8 heteroatoms. The van der Waals surface area contributed by atoms with Crippen molar-refractivity contribution in [2.24, 2.45) is 0 Å². The summed E-state index contributed by atoms with van der Waals surface area (Å²) in [6, 6.07) is 0.160. The molecule has 8 nitrogen and oxygen atoms in total. The highest BCUT2D eigenvalue weighted by molar-refractivity contribution is 5.92. The summed E-state index contributed by atoms with van der Waals surface area (Å²) in [7, 11) is 0. The third-order valence-corrected chi connectivity index (χ3v) is 3.31. The standard InChI is InChI=1S/C12H19N5O3/c1-8(2)16(4-3-11(18)19)12(20)10-7-17(15-14-10)9-5-13-6-9/h7-9,13H,3-6H2,1-2H3,(H,18,19). The van der Waals surface area contributed by atoms with Crippen molar-refractivity contribution in [3.8, 4) is 0 Å². The lowest BCUT2D eigenvalue weighted by molar-refractivity contribution is -0.137. The Kier molecular flexibility index (Phi) is 4.33. The lowest BCUT2D eigenvalue weighted by atomic mass is 10.2. The minimum atomic E-state index is -0.923. The number of aromatic nitrogens is 3. The van der Waals surface area contributed by atoms with Crippen LogP contribution in [0.4, 0.5) is 0 Å². The van der Waals surface area contributed by atoms with Gasteiger partial charge < -0.3 is 15.3 Å². The van der Waals surface area contributed by atoms with Crippen molar-refractivity contribution in [1.29, 1.82) is 0 Å². The summed E-state index contributed by atoms with van der Waals surface area (Å²) in [5.41, 5.74) is 0.260. The average molecular weight is 281 g/mol. The third-order valence-electron chi connectivity index (χ3n) is 3.31. The highest BCUT2D eigenvalue weighted by Gasteiger charge is 2.25. The molecule has 0 aromatic carbocycles. The third kappa shape index (κ3) is 3.13. The van der Waals surface area contributed by atoms with E-state index in [1.54, 1.807) is 10.9 Å². The molecule has 2 rings (SSSR count). The van der Waals surface area contributed by atoms with Crippen LogP contribution in [-0.4, -0.2) is 62.6 Å². The molecule has 1 saturated heterocycles. The highest BCUT2D eigenvalue weighted by atomic mass is 16.4. The molecule has 2 heterocycles. The summed E-state index contributed by atoms with van der Waals surface area (Å²) in [4.78, 5) is 24.5. The van der Waals surface area contributed by atoms with E-state index in [2.05, 4.69) is 15.6 Å². The molecular weight excluding hydrogens is 262 g/mol. The Morgan fingerprint density at radius 1 is 1.55 bits per heavy atom. The first-order valence-electron chi connectivity index (χ1n) is 6.64. The molecular formula is C12H19N5O3. The number of carboxylic acid groups (broad SMARTS) is 1. The monoisotopic (exact) mass is 281 g/mol. The first kappa shape index (κ1) is 14.4. The van der Waals surface area contributed by atoms with Gasteiger partial charge in [-0.1, -0.05) is 5.21 Å². The van der Waals surface area contributed by atoms with E-state index in [0.29, 0.717) is 0 Å². The molecule has 1 aromatic heterocycles. The number of nitrogens with one attached hydrogen (secondary N) is 1. The minimum Gasteiger partial charge on any atom is -0.481 e. The molecule has 20 heavy (non-hydrogen) atoms. The molecule has 1 aromatic rings. The number of carboxylic acids is 1. The van der Waals surface area contributed by atoms with Crippen LogP contribution in [-0.2, 0) is 4.79 Å². The molecule has 0 atom stereocenters. The van der Waals surface area contributed by atoms with Gasteiger partial charge in [0.1, 0.15) is 0 Å². The van der Waals surface area contributed by atoms with Gasteiger partial charge in [0.25, 0.3) is 5.91 Å². The SMILES string of the molecule is CC(C)N(CCC(=O)O)C(=O)c1cn(C2CNC2)nn1. The lowest BCUT2D eigenvalue weighted by Crippen LogP contribution is -2.43. The van der Waals surface area contributed by atoms with Gasteiger partial charge in [0.2, 0.25) is 0 Å². The number of nitrogens with zero attached hydrogens (tertiary/aromatic N) is 4. The highest BCUT2D eigenvalue weighted by Crippen LogP contribution is 2.12. The zero-order valence-corrected chi connectivity index (χ0v) is 11.6. The number of rotatable bonds is 6. The molecule has 1 amide bonds. The fourth-order valence-corrected chi connectivity index (χ4v) is 1.97. The second-order valence-corrected chi connectivity index (χ2v) is 5.13. The summed E-state index contributed by atoms with van der Waals surface area (Å²) in [6.07, 6.45) is 1.55. The average Bonchev–Trinajstić information content (AvgIpc) is 2.75. The minimum absolute atomic E-state index is 0.0788. The van der Waals surface area contributed by atoms with Crippen molar-refractivity contribution >= 4 is 11.9 Å². The molecule has 0 spiro atoms.